The molecule has 0 bridgehead atoms. The Morgan fingerprint density at radius 3 is 2.94 bits per heavy atom. The smallest absolute Gasteiger partial charge is 0.0927 e. The Morgan fingerprint density at radius 2 is 2.06 bits per heavy atom. The van der Waals surface area contributed by atoms with Crippen LogP contribution in [0.2, 0.25) is 0 Å². The zero-order valence-electron chi connectivity index (χ0n) is 8.42. The van der Waals surface area contributed by atoms with E-state index >= 15 is 0 Å². The van der Waals surface area contributed by atoms with Crippen LogP contribution in [0.4, 0.5) is 0 Å². The van der Waals surface area contributed by atoms with E-state index in [0.717, 1.165) is 21.5 Å². The SMILES string of the molecule is C(=C\c1n[nH]c2ccccc12)/c1ccns1. The van der Waals surface area contributed by atoms with Crippen LogP contribution < -0.4 is 0 Å². The fourth-order valence-corrected chi connectivity index (χ4v) is 2.08. The maximum absolute atomic E-state index is 4.27. The van der Waals surface area contributed by atoms with Crippen LogP contribution in [-0.2, 0) is 0 Å². The Kier molecular flexibility index (Phi) is 2.27. The highest BCUT2D eigenvalue weighted by atomic mass is 32.1. The summed E-state index contributed by atoms with van der Waals surface area (Å²) in [6.45, 7) is 0. The van der Waals surface area contributed by atoms with Gasteiger partial charge in [0.1, 0.15) is 0 Å². The van der Waals surface area contributed by atoms with Crippen LogP contribution in [0.25, 0.3) is 23.1 Å². The van der Waals surface area contributed by atoms with Gasteiger partial charge >= 0.3 is 0 Å². The van der Waals surface area contributed by atoms with Crippen molar-refractivity contribution >= 4 is 34.6 Å². The average molecular weight is 227 g/mol. The van der Waals surface area contributed by atoms with Crippen LogP contribution in [0.3, 0.4) is 0 Å². The van der Waals surface area contributed by atoms with E-state index in [1.807, 2.05) is 36.4 Å². The Balaban J connectivity index is 2.01. The van der Waals surface area contributed by atoms with E-state index in [2.05, 4.69) is 20.6 Å². The molecule has 0 aliphatic carbocycles. The molecule has 0 saturated heterocycles. The summed E-state index contributed by atoms with van der Waals surface area (Å²) in [4.78, 5) is 1.13. The van der Waals surface area contributed by atoms with Crippen LogP contribution in [0.15, 0.2) is 36.5 Å². The maximum atomic E-state index is 4.27. The highest BCUT2D eigenvalue weighted by molar-refractivity contribution is 7.06. The molecule has 4 heteroatoms. The molecular weight excluding hydrogens is 218 g/mol. The number of nitrogens with one attached hydrogen (secondary N) is 1. The minimum absolute atomic E-state index is 0.962. The number of nitrogens with zero attached hydrogens (tertiary/aromatic N) is 2. The van der Waals surface area contributed by atoms with Gasteiger partial charge < -0.3 is 0 Å². The van der Waals surface area contributed by atoms with E-state index in [1.165, 1.54) is 11.5 Å². The third-order valence-electron chi connectivity index (χ3n) is 2.36. The van der Waals surface area contributed by atoms with Gasteiger partial charge in [-0.1, -0.05) is 18.2 Å². The first-order chi connectivity index (χ1) is 7.93. The van der Waals surface area contributed by atoms with Gasteiger partial charge in [0.25, 0.3) is 0 Å². The molecular formula is C12H9N3S. The Labute approximate surface area is 96.6 Å². The highest BCUT2D eigenvalue weighted by Gasteiger charge is 2.00. The number of fused-ring (bicyclic) bond motifs is 1. The van der Waals surface area contributed by atoms with Crippen molar-refractivity contribution in [3.05, 3.63) is 47.1 Å². The predicted molar refractivity (Wildman–Crippen MR) is 67.1 cm³/mol. The Hall–Kier alpha value is -1.94. The van der Waals surface area contributed by atoms with Crippen LogP contribution in [0.1, 0.15) is 10.6 Å². The lowest BCUT2D eigenvalue weighted by atomic mass is 10.2. The molecule has 16 heavy (non-hydrogen) atoms. The molecule has 1 N–H and O–H groups in total. The van der Waals surface area contributed by atoms with Gasteiger partial charge in [-0.2, -0.15) is 5.10 Å². The molecule has 0 radical (unpaired) electrons. The van der Waals surface area contributed by atoms with Crippen LogP contribution in [0.5, 0.6) is 0 Å². The van der Waals surface area contributed by atoms with Crippen molar-refractivity contribution in [2.45, 2.75) is 0 Å². The summed E-state index contributed by atoms with van der Waals surface area (Å²) in [5.74, 6) is 0. The molecule has 0 aliphatic rings. The van der Waals surface area contributed by atoms with Gasteiger partial charge in [-0.25, -0.2) is 4.37 Å². The molecule has 1 aromatic carbocycles. The van der Waals surface area contributed by atoms with E-state index < -0.39 is 0 Å². The molecule has 0 atom stereocenters. The van der Waals surface area contributed by atoms with Crippen molar-refractivity contribution in [2.75, 3.05) is 0 Å². The maximum Gasteiger partial charge on any atom is 0.0927 e. The summed E-state index contributed by atoms with van der Waals surface area (Å²) in [5, 5.41) is 8.41. The fourth-order valence-electron chi connectivity index (χ4n) is 1.58. The van der Waals surface area contributed by atoms with Crippen LogP contribution in [-0.4, -0.2) is 14.6 Å². The number of para-hydroxylation sites is 1. The quantitative estimate of drug-likeness (QED) is 0.730. The van der Waals surface area contributed by atoms with E-state index in [-0.39, 0.29) is 0 Å². The molecule has 2 heterocycles. The van der Waals surface area contributed by atoms with Gasteiger partial charge in [0.05, 0.1) is 11.2 Å². The first-order valence-electron chi connectivity index (χ1n) is 4.95. The van der Waals surface area contributed by atoms with Crippen LogP contribution >= 0.6 is 11.5 Å². The molecule has 78 valence electrons. The minimum Gasteiger partial charge on any atom is -0.277 e. The molecule has 2 aromatic heterocycles. The third-order valence-corrected chi connectivity index (χ3v) is 3.07. The first kappa shape index (κ1) is 9.30. The number of rotatable bonds is 2. The Morgan fingerprint density at radius 1 is 1.12 bits per heavy atom. The van der Waals surface area contributed by atoms with Crippen molar-refractivity contribution < 1.29 is 0 Å². The molecule has 3 rings (SSSR count). The third kappa shape index (κ3) is 1.63. The summed E-state index contributed by atoms with van der Waals surface area (Å²) in [6.07, 6.45) is 5.83. The monoisotopic (exact) mass is 227 g/mol. The number of H-pyrrole nitrogens is 1. The highest BCUT2D eigenvalue weighted by Crippen LogP contribution is 2.18. The zero-order chi connectivity index (χ0) is 10.8. The van der Waals surface area contributed by atoms with E-state index in [0.29, 0.717) is 0 Å². The lowest BCUT2D eigenvalue weighted by molar-refractivity contribution is 1.11. The number of aromatic amines is 1. The number of hydrogen-bond acceptors (Lipinski definition) is 3. The summed E-state index contributed by atoms with van der Waals surface area (Å²) < 4.78 is 4.05. The first-order valence-corrected chi connectivity index (χ1v) is 5.73. The second kappa shape index (κ2) is 3.90. The predicted octanol–water partition coefficient (Wildman–Crippen LogP) is 3.19. The van der Waals surface area contributed by atoms with Crippen molar-refractivity contribution in [2.24, 2.45) is 0 Å². The van der Waals surface area contributed by atoms with Gasteiger partial charge in [0.15, 0.2) is 0 Å². The largest absolute Gasteiger partial charge is 0.277 e. The van der Waals surface area contributed by atoms with Gasteiger partial charge in [-0.05, 0) is 35.8 Å². The summed E-state index contributed by atoms with van der Waals surface area (Å²) >= 11 is 1.48. The van der Waals surface area contributed by atoms with E-state index in [4.69, 9.17) is 0 Å². The standard InChI is InChI=1S/C12H9N3S/c1-2-4-11-10(3-1)12(15-14-11)6-5-9-7-8-13-16-9/h1-8H,(H,14,15)/b6-5+. The molecule has 0 spiro atoms. The van der Waals surface area contributed by atoms with Gasteiger partial charge in [-0.3, -0.25) is 5.10 Å². The Bertz CT molecular complexity index is 623. The molecule has 3 aromatic rings. The van der Waals surface area contributed by atoms with Crippen molar-refractivity contribution in [1.29, 1.82) is 0 Å². The molecule has 0 fully saturated rings. The van der Waals surface area contributed by atoms with Crippen molar-refractivity contribution in [3.8, 4) is 0 Å². The van der Waals surface area contributed by atoms with Gasteiger partial charge in [-0.15, -0.1) is 0 Å². The normalized spacial score (nSPS) is 11.5. The van der Waals surface area contributed by atoms with E-state index in [1.54, 1.807) is 6.20 Å². The molecule has 0 aliphatic heterocycles. The van der Waals surface area contributed by atoms with Gasteiger partial charge in [0.2, 0.25) is 0 Å². The second-order valence-corrected chi connectivity index (χ2v) is 4.27. The van der Waals surface area contributed by atoms with Crippen molar-refractivity contribution in [1.82, 2.24) is 14.6 Å². The number of benzene rings is 1. The summed E-state index contributed by atoms with van der Waals surface area (Å²) in [6, 6.07) is 10.1. The molecule has 0 unspecified atom stereocenters. The molecule has 0 amide bonds. The lowest BCUT2D eigenvalue weighted by Crippen LogP contribution is -1.71. The molecule has 0 saturated carbocycles. The average Bonchev–Trinajstić information content (AvgIpc) is 2.96. The minimum atomic E-state index is 0.962. The summed E-state index contributed by atoms with van der Waals surface area (Å²) in [7, 11) is 0. The number of hydrogen-bond donors (Lipinski definition) is 1. The van der Waals surface area contributed by atoms with Crippen LogP contribution in [0, 0.1) is 0 Å². The summed E-state index contributed by atoms with van der Waals surface area (Å²) in [5.41, 5.74) is 2.02. The zero-order valence-corrected chi connectivity index (χ0v) is 9.24. The second-order valence-electron chi connectivity index (χ2n) is 3.40. The van der Waals surface area contributed by atoms with Crippen molar-refractivity contribution in [3.63, 3.8) is 0 Å². The van der Waals surface area contributed by atoms with Gasteiger partial charge in [0, 0.05) is 16.5 Å². The topological polar surface area (TPSA) is 41.6 Å². The van der Waals surface area contributed by atoms with E-state index in [9.17, 15) is 0 Å². The number of aromatic nitrogens is 3. The molecule has 3 nitrogen and oxygen atoms in total. The lowest BCUT2D eigenvalue weighted by Gasteiger charge is -1.87. The fraction of sp³-hybridized carbons (Fsp3) is 0.